The van der Waals surface area contributed by atoms with Crippen molar-refractivity contribution >= 4 is 21.4 Å². The minimum absolute atomic E-state index is 0.0885. The summed E-state index contributed by atoms with van der Waals surface area (Å²) in [5.74, 6) is 0.934. The molecular weight excluding hydrogens is 340 g/mol. The van der Waals surface area contributed by atoms with Gasteiger partial charge in [-0.2, -0.15) is 0 Å². The van der Waals surface area contributed by atoms with Crippen molar-refractivity contribution in [2.45, 2.75) is 19.0 Å². The number of carbonyl (C=O) groups excluding carboxylic acids is 1. The van der Waals surface area contributed by atoms with Gasteiger partial charge in [0.1, 0.15) is 5.76 Å². The number of hydrogen-bond acceptors (Lipinski definition) is 5. The van der Waals surface area contributed by atoms with Gasteiger partial charge in [-0.15, -0.1) is 0 Å². The highest BCUT2D eigenvalue weighted by Gasteiger charge is 2.32. The van der Waals surface area contributed by atoms with Gasteiger partial charge in [0.15, 0.2) is 9.84 Å². The van der Waals surface area contributed by atoms with E-state index in [9.17, 15) is 13.2 Å². The van der Waals surface area contributed by atoms with Gasteiger partial charge in [0, 0.05) is 11.7 Å². The van der Waals surface area contributed by atoms with Crippen molar-refractivity contribution in [3.8, 4) is 0 Å². The van der Waals surface area contributed by atoms with Crippen LogP contribution in [0.15, 0.2) is 53.1 Å². The van der Waals surface area contributed by atoms with Crippen molar-refractivity contribution in [1.29, 1.82) is 0 Å². The average Bonchev–Trinajstić information content (AvgIpc) is 3.22. The first-order valence-corrected chi connectivity index (χ1v) is 10.1. The van der Waals surface area contributed by atoms with Gasteiger partial charge in [0.05, 0.1) is 30.9 Å². The Hall–Kier alpha value is -2.12. The predicted octanol–water partition coefficient (Wildman–Crippen LogP) is 1.93. The van der Waals surface area contributed by atoms with E-state index >= 15 is 0 Å². The molecule has 1 amide bonds. The Kier molecular flexibility index (Phi) is 5.24. The summed E-state index contributed by atoms with van der Waals surface area (Å²) >= 11 is 0. The van der Waals surface area contributed by atoms with Crippen LogP contribution in [0, 0.1) is 0 Å². The zero-order chi connectivity index (χ0) is 17.9. The third kappa shape index (κ3) is 4.49. The summed E-state index contributed by atoms with van der Waals surface area (Å²) < 4.78 is 28.7. The van der Waals surface area contributed by atoms with Crippen LogP contribution >= 0.6 is 0 Å². The zero-order valence-electron chi connectivity index (χ0n) is 14.2. The number of benzene rings is 1. The lowest BCUT2D eigenvalue weighted by Gasteiger charge is -2.27. The summed E-state index contributed by atoms with van der Waals surface area (Å²) in [6.45, 7) is 0.502. The van der Waals surface area contributed by atoms with Crippen molar-refractivity contribution in [2.75, 3.05) is 30.0 Å². The van der Waals surface area contributed by atoms with Crippen LogP contribution in [-0.2, 0) is 21.2 Å². The second kappa shape index (κ2) is 7.41. The molecule has 2 aromatic rings. The number of furan rings is 1. The molecule has 25 heavy (non-hydrogen) atoms. The molecule has 0 N–H and O–H groups in total. The zero-order valence-corrected chi connectivity index (χ0v) is 15.0. The number of sulfone groups is 1. The Morgan fingerprint density at radius 1 is 1.20 bits per heavy atom. The SMILES string of the molecule is CN(CC(=O)N(Cc1ccco1)c1ccccc1)C1CCS(=O)(=O)C1. The first-order valence-electron chi connectivity index (χ1n) is 8.23. The standard InChI is InChI=1S/C18H22N2O4S/c1-19(16-9-11-25(22,23)14-16)13-18(21)20(12-17-8-5-10-24-17)15-6-3-2-4-7-15/h2-8,10,16H,9,11-14H2,1H3. The topological polar surface area (TPSA) is 70.8 Å². The Balaban J connectivity index is 1.73. The Labute approximate surface area is 148 Å². The maximum Gasteiger partial charge on any atom is 0.241 e. The van der Waals surface area contributed by atoms with E-state index in [1.807, 2.05) is 41.3 Å². The maximum absolute atomic E-state index is 12.9. The molecule has 0 bridgehead atoms. The molecule has 7 heteroatoms. The maximum atomic E-state index is 12.9. The summed E-state index contributed by atoms with van der Waals surface area (Å²) in [7, 11) is -1.17. The fourth-order valence-corrected chi connectivity index (χ4v) is 4.85. The number of likely N-dealkylation sites (N-methyl/N-ethyl adjacent to an activating group) is 1. The Morgan fingerprint density at radius 3 is 2.56 bits per heavy atom. The third-order valence-electron chi connectivity index (χ3n) is 4.48. The molecule has 1 fully saturated rings. The number of hydrogen-bond donors (Lipinski definition) is 0. The van der Waals surface area contributed by atoms with E-state index in [0.717, 1.165) is 5.69 Å². The van der Waals surface area contributed by atoms with Gasteiger partial charge in [-0.25, -0.2) is 8.42 Å². The van der Waals surface area contributed by atoms with Crippen molar-refractivity contribution in [1.82, 2.24) is 4.90 Å². The van der Waals surface area contributed by atoms with E-state index in [0.29, 0.717) is 18.7 Å². The molecule has 1 saturated heterocycles. The highest BCUT2D eigenvalue weighted by molar-refractivity contribution is 7.91. The molecular formula is C18H22N2O4S. The summed E-state index contributed by atoms with van der Waals surface area (Å²) in [4.78, 5) is 16.4. The van der Waals surface area contributed by atoms with E-state index in [2.05, 4.69) is 0 Å². The van der Waals surface area contributed by atoms with E-state index in [-0.39, 0.29) is 30.0 Å². The van der Waals surface area contributed by atoms with Crippen LogP contribution in [0.5, 0.6) is 0 Å². The van der Waals surface area contributed by atoms with Crippen LogP contribution in [-0.4, -0.2) is 50.4 Å². The molecule has 3 rings (SSSR count). The minimum Gasteiger partial charge on any atom is -0.467 e. The van der Waals surface area contributed by atoms with Gasteiger partial charge in [-0.05, 0) is 37.7 Å². The largest absolute Gasteiger partial charge is 0.467 e. The summed E-state index contributed by atoms with van der Waals surface area (Å²) in [6.07, 6.45) is 2.16. The summed E-state index contributed by atoms with van der Waals surface area (Å²) in [6, 6.07) is 12.9. The van der Waals surface area contributed by atoms with Crippen LogP contribution in [0.2, 0.25) is 0 Å². The number of rotatable bonds is 6. The lowest BCUT2D eigenvalue weighted by molar-refractivity contribution is -0.120. The van der Waals surface area contributed by atoms with Crippen LogP contribution in [0.1, 0.15) is 12.2 Å². The number of para-hydroxylation sites is 1. The minimum atomic E-state index is -2.97. The van der Waals surface area contributed by atoms with Crippen LogP contribution in [0.3, 0.4) is 0 Å². The number of anilines is 1. The van der Waals surface area contributed by atoms with Crippen molar-refractivity contribution < 1.29 is 17.6 Å². The highest BCUT2D eigenvalue weighted by Crippen LogP contribution is 2.20. The molecule has 1 aliphatic rings. The van der Waals surface area contributed by atoms with Gasteiger partial charge in [0.2, 0.25) is 5.91 Å². The number of amides is 1. The van der Waals surface area contributed by atoms with Gasteiger partial charge in [0.25, 0.3) is 0 Å². The second-order valence-corrected chi connectivity index (χ2v) is 8.60. The third-order valence-corrected chi connectivity index (χ3v) is 6.23. The van der Waals surface area contributed by atoms with Gasteiger partial charge in [-0.3, -0.25) is 9.69 Å². The molecule has 0 saturated carbocycles. The number of carbonyl (C=O) groups is 1. The lowest BCUT2D eigenvalue weighted by atomic mass is 10.2. The fraction of sp³-hybridized carbons (Fsp3) is 0.389. The van der Waals surface area contributed by atoms with E-state index in [1.165, 1.54) is 0 Å². The molecule has 6 nitrogen and oxygen atoms in total. The highest BCUT2D eigenvalue weighted by atomic mass is 32.2. The van der Waals surface area contributed by atoms with Gasteiger partial charge in [-0.1, -0.05) is 18.2 Å². The van der Waals surface area contributed by atoms with E-state index < -0.39 is 9.84 Å². The Morgan fingerprint density at radius 2 is 1.96 bits per heavy atom. The molecule has 0 aliphatic carbocycles. The van der Waals surface area contributed by atoms with E-state index in [1.54, 1.807) is 24.3 Å². The summed E-state index contributed by atoms with van der Waals surface area (Å²) in [5, 5.41) is 0. The average molecular weight is 362 g/mol. The molecule has 1 aromatic carbocycles. The monoisotopic (exact) mass is 362 g/mol. The van der Waals surface area contributed by atoms with Crippen molar-refractivity contribution in [2.24, 2.45) is 0 Å². The molecule has 1 aromatic heterocycles. The molecule has 1 atom stereocenters. The molecule has 1 aliphatic heterocycles. The van der Waals surface area contributed by atoms with Crippen LogP contribution < -0.4 is 4.90 Å². The smallest absolute Gasteiger partial charge is 0.241 e. The molecule has 0 spiro atoms. The van der Waals surface area contributed by atoms with Crippen molar-refractivity contribution in [3.05, 3.63) is 54.5 Å². The van der Waals surface area contributed by atoms with E-state index in [4.69, 9.17) is 4.42 Å². The molecule has 134 valence electrons. The fourth-order valence-electron chi connectivity index (χ4n) is 3.04. The molecule has 0 radical (unpaired) electrons. The Bertz CT molecular complexity index is 803. The van der Waals surface area contributed by atoms with Gasteiger partial charge >= 0.3 is 0 Å². The first-order chi connectivity index (χ1) is 11.9. The first kappa shape index (κ1) is 17.7. The predicted molar refractivity (Wildman–Crippen MR) is 96.0 cm³/mol. The summed E-state index contributed by atoms with van der Waals surface area (Å²) in [5.41, 5.74) is 0.788. The quantitative estimate of drug-likeness (QED) is 0.785. The van der Waals surface area contributed by atoms with Crippen LogP contribution in [0.4, 0.5) is 5.69 Å². The molecule has 1 unspecified atom stereocenters. The van der Waals surface area contributed by atoms with Crippen molar-refractivity contribution in [3.63, 3.8) is 0 Å². The van der Waals surface area contributed by atoms with Gasteiger partial charge < -0.3 is 9.32 Å². The van der Waals surface area contributed by atoms with Crippen LogP contribution in [0.25, 0.3) is 0 Å². The number of nitrogens with zero attached hydrogens (tertiary/aromatic N) is 2. The normalized spacial score (nSPS) is 19.2. The second-order valence-electron chi connectivity index (χ2n) is 6.37. The lowest BCUT2D eigenvalue weighted by Crippen LogP contribution is -2.43. The molecule has 2 heterocycles.